The van der Waals surface area contributed by atoms with Crippen molar-refractivity contribution in [3.63, 3.8) is 0 Å². The first-order valence-electron chi connectivity index (χ1n) is 3.30. The summed E-state index contributed by atoms with van der Waals surface area (Å²) < 4.78 is 0. The average molecular weight is 184 g/mol. The van der Waals surface area contributed by atoms with E-state index < -0.39 is 5.37 Å². The molecule has 12 heavy (non-hydrogen) atoms. The summed E-state index contributed by atoms with van der Waals surface area (Å²) in [5.74, 6) is 2.11. The summed E-state index contributed by atoms with van der Waals surface area (Å²) in [5.41, 5.74) is 0. The van der Waals surface area contributed by atoms with Crippen molar-refractivity contribution >= 4 is 22.9 Å². The first kappa shape index (κ1) is 9.10. The van der Waals surface area contributed by atoms with Crippen molar-refractivity contribution in [2.45, 2.75) is 5.37 Å². The molecule has 1 fully saturated rings. The molecule has 1 N–H and O–H groups in total. The minimum absolute atomic E-state index is 0.289. The van der Waals surface area contributed by atoms with Crippen LogP contribution >= 0.6 is 11.8 Å². The molecule has 0 radical (unpaired) electrons. The van der Waals surface area contributed by atoms with E-state index in [2.05, 4.69) is 11.2 Å². The van der Waals surface area contributed by atoms with E-state index in [1.54, 1.807) is 11.9 Å². The van der Waals surface area contributed by atoms with E-state index in [0.717, 1.165) is 11.8 Å². The molecule has 0 aromatic rings. The average Bonchev–Trinajstić information content (AvgIpc) is 2.30. The fraction of sp³-hybridized carbons (Fsp3) is 0.429. The van der Waals surface area contributed by atoms with Gasteiger partial charge >= 0.3 is 0 Å². The number of nitrogens with zero attached hydrogens (tertiary/aromatic N) is 1. The van der Waals surface area contributed by atoms with Gasteiger partial charge in [0.05, 0.1) is 6.54 Å². The van der Waals surface area contributed by atoms with Gasteiger partial charge in [-0.1, -0.05) is 5.92 Å². The number of rotatable bonds is 2. The number of imide groups is 1. The molecule has 5 heteroatoms. The molecule has 1 aliphatic heterocycles. The first-order chi connectivity index (χ1) is 5.65. The van der Waals surface area contributed by atoms with E-state index in [-0.39, 0.29) is 11.1 Å². The summed E-state index contributed by atoms with van der Waals surface area (Å²) in [5, 5.41) is 1.41. The second-order valence-corrected chi connectivity index (χ2v) is 3.42. The van der Waals surface area contributed by atoms with E-state index in [1.807, 2.05) is 0 Å². The molecule has 1 heterocycles. The predicted molar refractivity (Wildman–Crippen MR) is 46.4 cm³/mol. The van der Waals surface area contributed by atoms with E-state index in [1.165, 1.54) is 0 Å². The molecule has 1 atom stereocenters. The molecular formula is C7H8N2O2S. The number of nitrogens with one attached hydrogen (secondary N) is 1. The van der Waals surface area contributed by atoms with Crippen LogP contribution in [-0.4, -0.2) is 35.0 Å². The maximum Gasteiger partial charge on any atom is 0.287 e. The van der Waals surface area contributed by atoms with Gasteiger partial charge in [-0.25, -0.2) is 0 Å². The number of likely N-dealkylation sites (N-methyl/N-ethyl adjacent to an activating group) is 1. The topological polar surface area (TPSA) is 49.4 Å². The molecular weight excluding hydrogens is 176 g/mol. The van der Waals surface area contributed by atoms with E-state index >= 15 is 0 Å². The van der Waals surface area contributed by atoms with Crippen molar-refractivity contribution in [1.82, 2.24) is 10.2 Å². The minimum atomic E-state index is -0.464. The predicted octanol–water partition coefficient (Wildman–Crippen LogP) is -0.140. The minimum Gasteiger partial charge on any atom is -0.285 e. The third kappa shape index (κ3) is 1.78. The SMILES string of the molecule is C#CCN(C)C1SC(=O)NC1=O. The van der Waals surface area contributed by atoms with Crippen molar-refractivity contribution < 1.29 is 9.59 Å². The summed E-state index contributed by atoms with van der Waals surface area (Å²) in [6.45, 7) is 0.359. The highest BCUT2D eigenvalue weighted by molar-refractivity contribution is 8.15. The molecule has 2 amide bonds. The van der Waals surface area contributed by atoms with Crippen molar-refractivity contribution in [2.24, 2.45) is 0 Å². The van der Waals surface area contributed by atoms with Crippen LogP contribution in [0.1, 0.15) is 0 Å². The molecule has 4 nitrogen and oxygen atoms in total. The Balaban J connectivity index is 2.59. The Morgan fingerprint density at radius 1 is 1.75 bits per heavy atom. The van der Waals surface area contributed by atoms with Gasteiger partial charge in [-0.3, -0.25) is 19.8 Å². The molecule has 64 valence electrons. The number of terminal acetylenes is 1. The molecule has 1 unspecified atom stereocenters. The lowest BCUT2D eigenvalue weighted by molar-refractivity contribution is -0.121. The third-order valence-corrected chi connectivity index (χ3v) is 2.52. The van der Waals surface area contributed by atoms with Crippen LogP contribution in [0.25, 0.3) is 0 Å². The normalized spacial score (nSPS) is 22.6. The number of thioether (sulfide) groups is 1. The molecule has 0 saturated carbocycles. The number of hydrogen-bond acceptors (Lipinski definition) is 4. The van der Waals surface area contributed by atoms with Crippen LogP contribution in [0.3, 0.4) is 0 Å². The molecule has 0 aromatic heterocycles. The fourth-order valence-corrected chi connectivity index (χ4v) is 1.65. The number of amides is 2. The number of hydrogen-bond donors (Lipinski definition) is 1. The van der Waals surface area contributed by atoms with Gasteiger partial charge < -0.3 is 0 Å². The highest BCUT2D eigenvalue weighted by Crippen LogP contribution is 2.20. The van der Waals surface area contributed by atoms with Gasteiger partial charge in [0.15, 0.2) is 0 Å². The summed E-state index contributed by atoms with van der Waals surface area (Å²) >= 11 is 0.952. The largest absolute Gasteiger partial charge is 0.287 e. The molecule has 1 rings (SSSR count). The third-order valence-electron chi connectivity index (χ3n) is 1.41. The Labute approximate surface area is 74.7 Å². The van der Waals surface area contributed by atoms with Gasteiger partial charge in [-0.15, -0.1) is 6.42 Å². The Hall–Kier alpha value is -0.990. The smallest absolute Gasteiger partial charge is 0.285 e. The lowest BCUT2D eigenvalue weighted by Crippen LogP contribution is -2.36. The van der Waals surface area contributed by atoms with Crippen LogP contribution in [-0.2, 0) is 4.79 Å². The maximum absolute atomic E-state index is 11.0. The number of carbonyl (C=O) groups excluding carboxylic acids is 2. The zero-order valence-electron chi connectivity index (χ0n) is 6.53. The van der Waals surface area contributed by atoms with Crippen LogP contribution in [0.4, 0.5) is 4.79 Å². The van der Waals surface area contributed by atoms with Crippen LogP contribution in [0, 0.1) is 12.3 Å². The van der Waals surface area contributed by atoms with Crippen LogP contribution < -0.4 is 5.32 Å². The van der Waals surface area contributed by atoms with Crippen molar-refractivity contribution in [1.29, 1.82) is 0 Å². The second kappa shape index (κ2) is 3.61. The zero-order chi connectivity index (χ0) is 9.14. The lowest BCUT2D eigenvalue weighted by atomic mass is 10.5. The molecule has 0 aromatic carbocycles. The van der Waals surface area contributed by atoms with Gasteiger partial charge in [-0.2, -0.15) is 0 Å². The Bertz CT molecular complexity index is 259. The van der Waals surface area contributed by atoms with Gasteiger partial charge in [0.2, 0.25) is 0 Å². The summed E-state index contributed by atoms with van der Waals surface area (Å²) in [6.07, 6.45) is 5.06. The molecule has 0 spiro atoms. The quantitative estimate of drug-likeness (QED) is 0.607. The highest BCUT2D eigenvalue weighted by Gasteiger charge is 2.34. The van der Waals surface area contributed by atoms with E-state index in [0.29, 0.717) is 6.54 Å². The van der Waals surface area contributed by atoms with E-state index in [9.17, 15) is 9.59 Å². The maximum atomic E-state index is 11.0. The Morgan fingerprint density at radius 3 is 2.83 bits per heavy atom. The molecule has 1 aliphatic rings. The van der Waals surface area contributed by atoms with Crippen molar-refractivity contribution in [3.8, 4) is 12.3 Å². The lowest BCUT2D eigenvalue weighted by Gasteiger charge is -2.16. The Morgan fingerprint density at radius 2 is 2.42 bits per heavy atom. The molecule has 1 saturated heterocycles. The van der Waals surface area contributed by atoms with E-state index in [4.69, 9.17) is 6.42 Å². The second-order valence-electron chi connectivity index (χ2n) is 2.37. The van der Waals surface area contributed by atoms with Gasteiger partial charge in [0, 0.05) is 0 Å². The monoisotopic (exact) mass is 184 g/mol. The summed E-state index contributed by atoms with van der Waals surface area (Å²) in [4.78, 5) is 23.4. The number of carbonyl (C=O) groups is 2. The standard InChI is InChI=1S/C7H8N2O2S/c1-3-4-9(2)6-5(10)8-7(11)12-6/h1,6H,4H2,2H3,(H,8,10,11). The molecule has 0 aliphatic carbocycles. The molecule has 0 bridgehead atoms. The summed E-state index contributed by atoms with van der Waals surface area (Å²) in [6, 6.07) is 0. The van der Waals surface area contributed by atoms with Crippen molar-refractivity contribution in [2.75, 3.05) is 13.6 Å². The fourth-order valence-electron chi connectivity index (χ4n) is 0.864. The van der Waals surface area contributed by atoms with Gasteiger partial charge in [0.25, 0.3) is 11.1 Å². The highest BCUT2D eigenvalue weighted by atomic mass is 32.2. The van der Waals surface area contributed by atoms with Crippen LogP contribution in [0.15, 0.2) is 0 Å². The first-order valence-corrected chi connectivity index (χ1v) is 4.18. The van der Waals surface area contributed by atoms with Gasteiger partial charge in [0.1, 0.15) is 5.37 Å². The van der Waals surface area contributed by atoms with Crippen molar-refractivity contribution in [3.05, 3.63) is 0 Å². The Kier molecular flexibility index (Phi) is 2.74. The van der Waals surface area contributed by atoms with Crippen LogP contribution in [0.5, 0.6) is 0 Å². The van der Waals surface area contributed by atoms with Crippen LogP contribution in [0.2, 0.25) is 0 Å². The summed E-state index contributed by atoms with van der Waals surface area (Å²) in [7, 11) is 1.70. The van der Waals surface area contributed by atoms with Gasteiger partial charge in [-0.05, 0) is 18.8 Å². The zero-order valence-corrected chi connectivity index (χ0v) is 7.35.